The van der Waals surface area contributed by atoms with Crippen molar-refractivity contribution in [2.75, 3.05) is 13.7 Å². The molecule has 0 aliphatic rings. The molecule has 25 heavy (non-hydrogen) atoms. The molecule has 0 aliphatic carbocycles. The highest BCUT2D eigenvalue weighted by atomic mass is 16.5. The molecule has 0 saturated heterocycles. The number of carbonyl (C=O) groups excluding carboxylic acids is 1. The molecule has 0 atom stereocenters. The fourth-order valence-corrected chi connectivity index (χ4v) is 2.64. The Morgan fingerprint density at radius 3 is 2.68 bits per heavy atom. The second-order valence-corrected chi connectivity index (χ2v) is 5.70. The number of amides is 1. The minimum atomic E-state index is -0.533. The van der Waals surface area contributed by atoms with Gasteiger partial charge in [0.2, 0.25) is 0 Å². The van der Waals surface area contributed by atoms with Crippen molar-refractivity contribution in [2.24, 2.45) is 0 Å². The summed E-state index contributed by atoms with van der Waals surface area (Å²) in [5.74, 6) is 0.229. The average molecular weight is 337 g/mol. The fourth-order valence-electron chi connectivity index (χ4n) is 2.64. The van der Waals surface area contributed by atoms with Crippen molar-refractivity contribution in [3.05, 3.63) is 76.3 Å². The number of aryl methyl sites for hydroxylation is 1. The molecule has 0 fully saturated rings. The Morgan fingerprint density at radius 2 is 1.92 bits per heavy atom. The van der Waals surface area contributed by atoms with Crippen LogP contribution in [-0.4, -0.2) is 19.6 Å². The van der Waals surface area contributed by atoms with Crippen molar-refractivity contribution < 1.29 is 13.9 Å². The van der Waals surface area contributed by atoms with Crippen LogP contribution in [0.5, 0.6) is 5.75 Å². The maximum Gasteiger partial charge on any atom is 0.344 e. The highest BCUT2D eigenvalue weighted by molar-refractivity contribution is 5.95. The van der Waals surface area contributed by atoms with E-state index >= 15 is 0 Å². The van der Waals surface area contributed by atoms with Crippen LogP contribution in [0.2, 0.25) is 0 Å². The van der Waals surface area contributed by atoms with Crippen molar-refractivity contribution in [1.29, 1.82) is 0 Å². The molecule has 5 nitrogen and oxygen atoms in total. The van der Waals surface area contributed by atoms with E-state index in [1.165, 1.54) is 5.56 Å². The lowest BCUT2D eigenvalue weighted by Gasteiger charge is -2.06. The van der Waals surface area contributed by atoms with Gasteiger partial charge in [0.15, 0.2) is 5.76 Å². The number of hydrogen-bond donors (Lipinski definition) is 1. The van der Waals surface area contributed by atoms with Gasteiger partial charge in [-0.15, -0.1) is 0 Å². The van der Waals surface area contributed by atoms with Gasteiger partial charge in [0.25, 0.3) is 5.91 Å². The van der Waals surface area contributed by atoms with Gasteiger partial charge in [-0.1, -0.05) is 30.3 Å². The highest BCUT2D eigenvalue weighted by Crippen LogP contribution is 2.19. The van der Waals surface area contributed by atoms with Crippen LogP contribution in [0.3, 0.4) is 0 Å². The van der Waals surface area contributed by atoms with E-state index in [4.69, 9.17) is 9.15 Å². The van der Waals surface area contributed by atoms with Crippen molar-refractivity contribution in [3.63, 3.8) is 0 Å². The van der Waals surface area contributed by atoms with Gasteiger partial charge in [-0.05, 0) is 48.1 Å². The number of fused-ring (bicyclic) bond motifs is 1. The molecule has 5 heteroatoms. The van der Waals surface area contributed by atoms with E-state index in [9.17, 15) is 9.59 Å². The van der Waals surface area contributed by atoms with Gasteiger partial charge in [0.05, 0.1) is 12.5 Å². The Bertz CT molecular complexity index is 931. The zero-order valence-electron chi connectivity index (χ0n) is 14.0. The molecule has 0 radical (unpaired) electrons. The highest BCUT2D eigenvalue weighted by Gasteiger charge is 2.12. The SMILES string of the molecule is COc1ccc2c(=O)oc(C(=O)NCCCc3ccccc3)cc2c1. The van der Waals surface area contributed by atoms with Gasteiger partial charge in [-0.2, -0.15) is 0 Å². The molecule has 0 aliphatic heterocycles. The van der Waals surface area contributed by atoms with Crippen LogP contribution in [0.4, 0.5) is 0 Å². The van der Waals surface area contributed by atoms with E-state index in [1.807, 2.05) is 18.2 Å². The van der Waals surface area contributed by atoms with E-state index in [2.05, 4.69) is 17.4 Å². The fraction of sp³-hybridized carbons (Fsp3) is 0.200. The summed E-state index contributed by atoms with van der Waals surface area (Å²) < 4.78 is 10.3. The number of nitrogens with one attached hydrogen (secondary N) is 1. The van der Waals surface area contributed by atoms with Gasteiger partial charge < -0.3 is 14.5 Å². The van der Waals surface area contributed by atoms with Gasteiger partial charge >= 0.3 is 5.63 Å². The van der Waals surface area contributed by atoms with Gasteiger partial charge in [0, 0.05) is 6.54 Å². The summed E-state index contributed by atoms with van der Waals surface area (Å²) in [4.78, 5) is 24.3. The van der Waals surface area contributed by atoms with Crippen LogP contribution in [0.25, 0.3) is 10.8 Å². The topological polar surface area (TPSA) is 68.5 Å². The quantitative estimate of drug-likeness (QED) is 0.702. The smallest absolute Gasteiger partial charge is 0.344 e. The predicted octanol–water partition coefficient (Wildman–Crippen LogP) is 3.16. The molecule has 1 heterocycles. The van der Waals surface area contributed by atoms with Crippen molar-refractivity contribution in [3.8, 4) is 5.75 Å². The summed E-state index contributed by atoms with van der Waals surface area (Å²) >= 11 is 0. The summed E-state index contributed by atoms with van der Waals surface area (Å²) in [7, 11) is 1.55. The summed E-state index contributed by atoms with van der Waals surface area (Å²) in [5, 5.41) is 3.82. The molecule has 0 spiro atoms. The third kappa shape index (κ3) is 4.07. The number of ether oxygens (including phenoxy) is 1. The zero-order valence-corrected chi connectivity index (χ0v) is 14.0. The third-order valence-corrected chi connectivity index (χ3v) is 3.96. The maximum absolute atomic E-state index is 12.2. The monoisotopic (exact) mass is 337 g/mol. The zero-order chi connectivity index (χ0) is 17.6. The molecule has 0 saturated carbocycles. The molecule has 0 bridgehead atoms. The van der Waals surface area contributed by atoms with Crippen LogP contribution < -0.4 is 15.7 Å². The minimum Gasteiger partial charge on any atom is -0.497 e. The van der Waals surface area contributed by atoms with E-state index < -0.39 is 11.5 Å². The van der Waals surface area contributed by atoms with E-state index in [0.717, 1.165) is 12.8 Å². The van der Waals surface area contributed by atoms with Gasteiger partial charge in [-0.25, -0.2) is 4.79 Å². The lowest BCUT2D eigenvalue weighted by Crippen LogP contribution is -2.25. The Kier molecular flexibility index (Phi) is 5.14. The molecule has 3 rings (SSSR count). The number of hydrogen-bond acceptors (Lipinski definition) is 4. The molecule has 128 valence electrons. The number of rotatable bonds is 6. The Hall–Kier alpha value is -3.08. The molecule has 0 unspecified atom stereocenters. The summed E-state index contributed by atoms with van der Waals surface area (Å²) in [5.41, 5.74) is 0.690. The van der Waals surface area contributed by atoms with Crippen LogP contribution in [-0.2, 0) is 6.42 Å². The summed E-state index contributed by atoms with van der Waals surface area (Å²) in [6.45, 7) is 0.508. The lowest BCUT2D eigenvalue weighted by molar-refractivity contribution is 0.0921. The van der Waals surface area contributed by atoms with E-state index in [1.54, 1.807) is 31.4 Å². The number of carbonyl (C=O) groups is 1. The minimum absolute atomic E-state index is 0.00506. The van der Waals surface area contributed by atoms with E-state index in [-0.39, 0.29) is 5.76 Å². The first-order valence-corrected chi connectivity index (χ1v) is 8.11. The molecular weight excluding hydrogens is 318 g/mol. The van der Waals surface area contributed by atoms with Crippen LogP contribution >= 0.6 is 0 Å². The Balaban J connectivity index is 1.66. The molecule has 2 aromatic carbocycles. The first kappa shape index (κ1) is 16.8. The average Bonchev–Trinajstić information content (AvgIpc) is 2.65. The second-order valence-electron chi connectivity index (χ2n) is 5.70. The standard InChI is InChI=1S/C20H19NO4/c1-24-16-9-10-17-15(12-16)13-18(25-20(17)23)19(22)21-11-5-8-14-6-3-2-4-7-14/h2-4,6-7,9-10,12-13H,5,8,11H2,1H3,(H,21,22). The van der Waals surface area contributed by atoms with Crippen LogP contribution in [0.1, 0.15) is 22.5 Å². The molecule has 1 amide bonds. The molecule has 1 N–H and O–H groups in total. The predicted molar refractivity (Wildman–Crippen MR) is 96.1 cm³/mol. The van der Waals surface area contributed by atoms with Crippen molar-refractivity contribution >= 4 is 16.7 Å². The van der Waals surface area contributed by atoms with Gasteiger partial charge in [0.1, 0.15) is 5.75 Å². The largest absolute Gasteiger partial charge is 0.497 e. The Labute approximate surface area is 145 Å². The summed E-state index contributed by atoms with van der Waals surface area (Å²) in [6.07, 6.45) is 1.68. The molecule has 1 aromatic heterocycles. The lowest BCUT2D eigenvalue weighted by atomic mass is 10.1. The normalized spacial score (nSPS) is 10.6. The maximum atomic E-state index is 12.2. The third-order valence-electron chi connectivity index (χ3n) is 3.96. The first-order chi connectivity index (χ1) is 12.2. The Morgan fingerprint density at radius 1 is 1.12 bits per heavy atom. The van der Waals surface area contributed by atoms with Crippen molar-refractivity contribution in [2.45, 2.75) is 12.8 Å². The molecule has 3 aromatic rings. The van der Waals surface area contributed by atoms with Gasteiger partial charge in [-0.3, -0.25) is 4.79 Å². The van der Waals surface area contributed by atoms with E-state index in [0.29, 0.717) is 23.1 Å². The second kappa shape index (κ2) is 7.66. The van der Waals surface area contributed by atoms with Crippen LogP contribution in [0.15, 0.2) is 63.8 Å². The number of methoxy groups -OCH3 is 1. The first-order valence-electron chi connectivity index (χ1n) is 8.11. The van der Waals surface area contributed by atoms with Crippen molar-refractivity contribution in [1.82, 2.24) is 5.32 Å². The number of benzene rings is 2. The van der Waals surface area contributed by atoms with Crippen LogP contribution in [0, 0.1) is 0 Å². The summed E-state index contributed by atoms with van der Waals surface area (Å²) in [6, 6.07) is 16.6. The molecular formula is C20H19NO4.